The summed E-state index contributed by atoms with van der Waals surface area (Å²) in [5, 5.41) is 4.55. The van der Waals surface area contributed by atoms with E-state index in [9.17, 15) is 4.79 Å². The van der Waals surface area contributed by atoms with Crippen LogP contribution in [0.25, 0.3) is 0 Å². The zero-order chi connectivity index (χ0) is 20.5. The molecule has 164 valence electrons. The van der Waals surface area contributed by atoms with Gasteiger partial charge in [0.05, 0.1) is 45.7 Å². The van der Waals surface area contributed by atoms with Crippen molar-refractivity contribution in [3.8, 4) is 5.88 Å². The number of esters is 1. The number of carbonyl (C=O) groups is 1. The quantitative estimate of drug-likeness (QED) is 0.404. The van der Waals surface area contributed by atoms with Crippen LogP contribution < -0.4 is 4.74 Å². The highest BCUT2D eigenvalue weighted by molar-refractivity contribution is 5.91. The molecule has 0 radical (unpaired) electrons. The maximum atomic E-state index is 12.3. The van der Waals surface area contributed by atoms with Crippen LogP contribution in [0.15, 0.2) is 6.20 Å². The van der Waals surface area contributed by atoms with Crippen LogP contribution in [0.4, 0.5) is 0 Å². The minimum Gasteiger partial charge on any atom is -0.476 e. The zero-order valence-electron chi connectivity index (χ0n) is 17.4. The summed E-state index contributed by atoms with van der Waals surface area (Å²) in [4.78, 5) is 12.3. The second kappa shape index (κ2) is 10.9. The minimum atomic E-state index is -0.421. The third-order valence-electron chi connectivity index (χ3n) is 5.20. The molecule has 0 bridgehead atoms. The monoisotopic (exact) mass is 412 g/mol. The van der Waals surface area contributed by atoms with Crippen LogP contribution in [0.2, 0.25) is 0 Å². The lowest BCUT2D eigenvalue weighted by atomic mass is 9.90. The minimum absolute atomic E-state index is 0.177. The fourth-order valence-electron chi connectivity index (χ4n) is 3.68. The van der Waals surface area contributed by atoms with E-state index in [0.29, 0.717) is 64.1 Å². The zero-order valence-corrected chi connectivity index (χ0v) is 17.4. The Morgan fingerprint density at radius 3 is 2.66 bits per heavy atom. The van der Waals surface area contributed by atoms with Crippen molar-refractivity contribution >= 4 is 5.97 Å². The molecule has 2 aliphatic rings. The van der Waals surface area contributed by atoms with E-state index in [2.05, 4.69) is 5.10 Å². The molecule has 0 atom stereocenters. The van der Waals surface area contributed by atoms with Crippen LogP contribution in [0.1, 0.15) is 55.4 Å². The van der Waals surface area contributed by atoms with E-state index in [-0.39, 0.29) is 6.04 Å². The molecular weight excluding hydrogens is 380 g/mol. The van der Waals surface area contributed by atoms with Gasteiger partial charge in [-0.25, -0.2) is 4.79 Å². The number of aromatic nitrogens is 2. The summed E-state index contributed by atoms with van der Waals surface area (Å²) in [5.74, 6) is -0.524. The van der Waals surface area contributed by atoms with Crippen molar-refractivity contribution in [1.82, 2.24) is 9.78 Å². The van der Waals surface area contributed by atoms with Crippen molar-refractivity contribution in [3.63, 3.8) is 0 Å². The highest BCUT2D eigenvalue weighted by atomic mass is 16.7. The first-order chi connectivity index (χ1) is 14.2. The van der Waals surface area contributed by atoms with Gasteiger partial charge in [0.15, 0.2) is 5.79 Å². The molecule has 0 unspecified atom stereocenters. The number of methoxy groups -OCH3 is 1. The van der Waals surface area contributed by atoms with Crippen molar-refractivity contribution in [1.29, 1.82) is 0 Å². The van der Waals surface area contributed by atoms with Crippen molar-refractivity contribution in [2.75, 3.05) is 53.4 Å². The molecule has 9 heteroatoms. The van der Waals surface area contributed by atoms with Gasteiger partial charge in [0.1, 0.15) is 5.56 Å². The SMILES string of the molecule is CCOC(=O)c1cn(C2CCC3(CC2)OCCO3)nc1OCCCOCCOC. The Kier molecular flexibility index (Phi) is 8.29. The molecule has 1 saturated heterocycles. The lowest BCUT2D eigenvalue weighted by Gasteiger charge is -2.35. The first kappa shape index (κ1) is 22.0. The van der Waals surface area contributed by atoms with E-state index >= 15 is 0 Å². The first-order valence-corrected chi connectivity index (χ1v) is 10.4. The first-order valence-electron chi connectivity index (χ1n) is 10.4. The predicted molar refractivity (Wildman–Crippen MR) is 103 cm³/mol. The van der Waals surface area contributed by atoms with Crippen molar-refractivity contribution < 1.29 is 33.2 Å². The van der Waals surface area contributed by atoms with E-state index in [1.165, 1.54) is 0 Å². The summed E-state index contributed by atoms with van der Waals surface area (Å²) >= 11 is 0. The van der Waals surface area contributed by atoms with Gasteiger partial charge in [-0.05, 0) is 19.8 Å². The van der Waals surface area contributed by atoms with Gasteiger partial charge < -0.3 is 28.4 Å². The lowest BCUT2D eigenvalue weighted by molar-refractivity contribution is -0.181. The number of hydrogen-bond acceptors (Lipinski definition) is 8. The molecule has 2 fully saturated rings. The van der Waals surface area contributed by atoms with Crippen LogP contribution in [-0.2, 0) is 23.7 Å². The number of carbonyl (C=O) groups excluding carboxylic acids is 1. The van der Waals surface area contributed by atoms with Crippen molar-refractivity contribution in [2.24, 2.45) is 0 Å². The van der Waals surface area contributed by atoms with Gasteiger partial charge in [0.2, 0.25) is 5.88 Å². The van der Waals surface area contributed by atoms with E-state index < -0.39 is 11.8 Å². The van der Waals surface area contributed by atoms with Gasteiger partial charge >= 0.3 is 5.97 Å². The third-order valence-corrected chi connectivity index (χ3v) is 5.20. The predicted octanol–water partition coefficient (Wildman–Crippen LogP) is 2.35. The average molecular weight is 412 g/mol. The topological polar surface area (TPSA) is 90.3 Å². The number of hydrogen-bond donors (Lipinski definition) is 0. The average Bonchev–Trinajstić information content (AvgIpc) is 3.36. The molecule has 1 aromatic heterocycles. The van der Waals surface area contributed by atoms with Gasteiger partial charge in [-0.1, -0.05) is 0 Å². The summed E-state index contributed by atoms with van der Waals surface area (Å²) in [5.41, 5.74) is 0.362. The van der Waals surface area contributed by atoms with Crippen molar-refractivity contribution in [3.05, 3.63) is 11.8 Å². The fourth-order valence-corrected chi connectivity index (χ4v) is 3.68. The van der Waals surface area contributed by atoms with E-state index in [1.54, 1.807) is 20.2 Å². The second-order valence-corrected chi connectivity index (χ2v) is 7.19. The van der Waals surface area contributed by atoms with Crippen LogP contribution in [0, 0.1) is 0 Å². The number of rotatable bonds is 11. The normalized spacial score (nSPS) is 19.0. The Bertz CT molecular complexity index is 633. The smallest absolute Gasteiger partial charge is 0.345 e. The second-order valence-electron chi connectivity index (χ2n) is 7.19. The van der Waals surface area contributed by atoms with E-state index in [0.717, 1.165) is 25.7 Å². The Balaban J connectivity index is 1.57. The summed E-state index contributed by atoms with van der Waals surface area (Å²) in [6, 6.07) is 0.177. The maximum absolute atomic E-state index is 12.3. The maximum Gasteiger partial charge on any atom is 0.345 e. The Morgan fingerprint density at radius 1 is 1.21 bits per heavy atom. The molecule has 9 nitrogen and oxygen atoms in total. The standard InChI is InChI=1S/C20H32N2O7/c1-3-26-19(23)17-15-22(16-5-7-20(8-6-16)28-13-14-29-20)21-18(17)27-10-4-9-25-12-11-24-2/h15-16H,3-14H2,1-2H3. The van der Waals surface area contributed by atoms with Gasteiger partial charge in [0.25, 0.3) is 0 Å². The lowest BCUT2D eigenvalue weighted by Crippen LogP contribution is -2.35. The molecule has 0 aromatic carbocycles. The van der Waals surface area contributed by atoms with Crippen LogP contribution >= 0.6 is 0 Å². The number of ether oxygens (including phenoxy) is 6. The molecule has 0 N–H and O–H groups in total. The summed E-state index contributed by atoms with van der Waals surface area (Å²) in [7, 11) is 1.64. The molecule has 1 saturated carbocycles. The van der Waals surface area contributed by atoms with Crippen LogP contribution in [0.3, 0.4) is 0 Å². The summed E-state index contributed by atoms with van der Waals surface area (Å²) in [6.07, 6.45) is 5.82. The highest BCUT2D eigenvalue weighted by Crippen LogP contribution is 2.40. The third kappa shape index (κ3) is 5.91. The van der Waals surface area contributed by atoms with Gasteiger partial charge in [0, 0.05) is 39.2 Å². The molecular formula is C20H32N2O7. The summed E-state index contributed by atoms with van der Waals surface area (Å²) < 4.78 is 34.7. The van der Waals surface area contributed by atoms with Crippen LogP contribution in [-0.4, -0.2) is 74.9 Å². The highest BCUT2D eigenvalue weighted by Gasteiger charge is 2.41. The molecule has 2 heterocycles. The molecule has 3 rings (SSSR count). The number of nitrogens with zero attached hydrogens (tertiary/aromatic N) is 2. The van der Waals surface area contributed by atoms with Gasteiger partial charge in [-0.3, -0.25) is 4.68 Å². The molecule has 0 amide bonds. The molecule has 1 aliphatic carbocycles. The van der Waals surface area contributed by atoms with Gasteiger partial charge in [-0.15, -0.1) is 5.10 Å². The molecule has 1 spiro atoms. The Hall–Kier alpha value is -1.68. The summed E-state index contributed by atoms with van der Waals surface area (Å²) in [6.45, 7) is 5.49. The van der Waals surface area contributed by atoms with Crippen molar-refractivity contribution in [2.45, 2.75) is 50.9 Å². The molecule has 1 aromatic rings. The molecule has 1 aliphatic heterocycles. The fraction of sp³-hybridized carbons (Fsp3) is 0.800. The largest absolute Gasteiger partial charge is 0.476 e. The Morgan fingerprint density at radius 2 is 1.97 bits per heavy atom. The van der Waals surface area contributed by atoms with E-state index in [4.69, 9.17) is 28.4 Å². The Labute approximate surface area is 171 Å². The van der Waals surface area contributed by atoms with Gasteiger partial charge in [-0.2, -0.15) is 0 Å². The van der Waals surface area contributed by atoms with E-state index in [1.807, 2.05) is 4.68 Å². The van der Waals surface area contributed by atoms with Crippen LogP contribution in [0.5, 0.6) is 5.88 Å². The molecule has 29 heavy (non-hydrogen) atoms.